The van der Waals surface area contributed by atoms with E-state index >= 15 is 0 Å². The van der Waals surface area contributed by atoms with E-state index < -0.39 is 38.3 Å². The van der Waals surface area contributed by atoms with E-state index in [4.69, 9.17) is 37.5 Å². The summed E-state index contributed by atoms with van der Waals surface area (Å²) < 4.78 is 63.8. The zero-order valence-corrected chi connectivity index (χ0v) is 30.5. The molecule has 0 unspecified atom stereocenters. The minimum absolute atomic E-state index is 0.220. The van der Waals surface area contributed by atoms with Gasteiger partial charge in [0, 0.05) is 0 Å². The van der Waals surface area contributed by atoms with Gasteiger partial charge in [0.25, 0.3) is 0 Å². The van der Waals surface area contributed by atoms with Crippen LogP contribution in [0.2, 0.25) is 0 Å². The summed E-state index contributed by atoms with van der Waals surface area (Å²) in [6, 6.07) is 40.0. The molecule has 274 valence electrons. The molecule has 0 amide bonds. The molecule has 9 nitrogen and oxygen atoms in total. The average molecular weight is 719 g/mol. The lowest BCUT2D eigenvalue weighted by atomic mass is 9.97. The summed E-state index contributed by atoms with van der Waals surface area (Å²) in [5, 5.41) is 0. The van der Waals surface area contributed by atoms with Gasteiger partial charge in [-0.05, 0) is 42.5 Å². The van der Waals surface area contributed by atoms with Crippen molar-refractivity contribution in [1.29, 1.82) is 0 Å². The third-order valence-corrected chi connectivity index (χ3v) is 10.5. The molecule has 0 bridgehead atoms. The average Bonchev–Trinajstić information content (AvgIpc) is 3.16. The Morgan fingerprint density at radius 2 is 0.980 bits per heavy atom. The van der Waals surface area contributed by atoms with Crippen molar-refractivity contribution in [2.75, 3.05) is 32.6 Å². The first-order valence-corrected chi connectivity index (χ1v) is 19.5. The molecule has 1 heterocycles. The molecule has 1 aliphatic rings. The fourth-order valence-corrected chi connectivity index (χ4v) is 7.53. The maximum atomic E-state index is 13.2. The topological polar surface area (TPSA) is 90.9 Å². The van der Waals surface area contributed by atoms with E-state index in [0.717, 1.165) is 22.3 Å². The Labute approximate surface area is 302 Å². The molecule has 5 rings (SSSR count). The molecule has 5 atom stereocenters. The molecule has 4 aromatic carbocycles. The second kappa shape index (κ2) is 21.3. The lowest BCUT2D eigenvalue weighted by Gasteiger charge is -2.46. The van der Waals surface area contributed by atoms with Crippen LogP contribution in [-0.2, 0) is 68.5 Å². The fourth-order valence-electron chi connectivity index (χ4n) is 5.90. The van der Waals surface area contributed by atoms with Gasteiger partial charge in [-0.1, -0.05) is 121 Å². The van der Waals surface area contributed by atoms with Gasteiger partial charge < -0.3 is 37.5 Å². The Bertz CT molecular complexity index is 1530. The van der Waals surface area contributed by atoms with Gasteiger partial charge in [0.2, 0.25) is 0 Å². The Morgan fingerprint density at radius 3 is 1.45 bits per heavy atom. The van der Waals surface area contributed by atoms with E-state index in [0.29, 0.717) is 46.1 Å². The van der Waals surface area contributed by atoms with Gasteiger partial charge in [0.15, 0.2) is 6.29 Å². The Kier molecular flexibility index (Phi) is 16.3. The highest BCUT2D eigenvalue weighted by molar-refractivity contribution is 7.53. The lowest BCUT2D eigenvalue weighted by molar-refractivity contribution is -0.328. The van der Waals surface area contributed by atoms with E-state index in [1.165, 1.54) is 0 Å². The van der Waals surface area contributed by atoms with Crippen molar-refractivity contribution in [3.8, 4) is 0 Å². The second-order valence-corrected chi connectivity index (χ2v) is 14.4. The van der Waals surface area contributed by atoms with Crippen molar-refractivity contribution < 1.29 is 42.0 Å². The van der Waals surface area contributed by atoms with Gasteiger partial charge in [-0.2, -0.15) is 0 Å². The zero-order chi connectivity index (χ0) is 35.6. The van der Waals surface area contributed by atoms with Crippen LogP contribution in [0.15, 0.2) is 121 Å². The van der Waals surface area contributed by atoms with Gasteiger partial charge >= 0.3 is 7.60 Å². The first-order chi connectivity index (χ1) is 25.1. The van der Waals surface area contributed by atoms with Gasteiger partial charge in [0.1, 0.15) is 24.4 Å². The molecular weight excluding hydrogens is 667 g/mol. The Morgan fingerprint density at radius 1 is 0.549 bits per heavy atom. The molecule has 0 aliphatic carbocycles. The van der Waals surface area contributed by atoms with Crippen LogP contribution >= 0.6 is 7.60 Å². The van der Waals surface area contributed by atoms with E-state index in [1.54, 1.807) is 13.8 Å². The van der Waals surface area contributed by atoms with E-state index in [1.807, 2.05) is 121 Å². The van der Waals surface area contributed by atoms with Crippen LogP contribution < -0.4 is 0 Å². The maximum absolute atomic E-state index is 13.2. The summed E-state index contributed by atoms with van der Waals surface area (Å²) in [5.74, 6) is 0. The monoisotopic (exact) mass is 718 g/mol. The molecule has 0 saturated carbocycles. The lowest BCUT2D eigenvalue weighted by Crippen LogP contribution is -2.61. The second-order valence-electron chi connectivity index (χ2n) is 12.2. The summed E-state index contributed by atoms with van der Waals surface area (Å²) >= 11 is 0. The largest absolute Gasteiger partial charge is 0.374 e. The van der Waals surface area contributed by atoms with Gasteiger partial charge in [-0.25, -0.2) is 0 Å². The SMILES string of the molecule is CCOP(=O)(CCCO[C@@H]1O[C@H](COCc2ccccc2)[C@@H](OCc2ccccc2)[C@H](OCc2ccccc2)[C@H]1OCc1ccccc1)OCC. The van der Waals surface area contributed by atoms with Crippen LogP contribution in [-0.4, -0.2) is 63.3 Å². The highest BCUT2D eigenvalue weighted by atomic mass is 31.2. The molecular formula is C41H51O9P. The summed E-state index contributed by atoms with van der Waals surface area (Å²) in [6.07, 6.45) is -2.59. The normalized spacial score (nSPS) is 20.7. The van der Waals surface area contributed by atoms with Crippen molar-refractivity contribution in [2.45, 2.75) is 77.4 Å². The maximum Gasteiger partial charge on any atom is 0.330 e. The molecule has 0 radical (unpaired) electrons. The standard InChI is InChI=1S/C41H51O9P/c1-3-48-51(42,49-4-2)27-17-26-44-41-40(47-31-36-24-15-8-16-25-36)39(46-30-35-22-13-7-14-23-35)38(45-29-34-20-11-6-12-21-34)37(50-41)32-43-28-33-18-9-5-10-19-33/h5-16,18-25,37-41H,3-4,17,26-32H2,1-2H3/t37-,38-,39+,40-,41-/m1/s1. The van der Waals surface area contributed by atoms with Crippen LogP contribution in [0.25, 0.3) is 0 Å². The van der Waals surface area contributed by atoms with E-state index in [9.17, 15) is 4.57 Å². The molecule has 51 heavy (non-hydrogen) atoms. The van der Waals surface area contributed by atoms with Crippen LogP contribution in [0.3, 0.4) is 0 Å². The molecule has 4 aromatic rings. The third kappa shape index (κ3) is 12.8. The predicted octanol–water partition coefficient (Wildman–Crippen LogP) is 8.36. The minimum Gasteiger partial charge on any atom is -0.374 e. The number of hydrogen-bond acceptors (Lipinski definition) is 9. The fraction of sp³-hybridized carbons (Fsp3) is 0.415. The quantitative estimate of drug-likeness (QED) is 0.0588. The number of rotatable bonds is 22. The summed E-state index contributed by atoms with van der Waals surface area (Å²) in [6.45, 7) is 6.07. The summed E-state index contributed by atoms with van der Waals surface area (Å²) in [4.78, 5) is 0. The molecule has 0 aromatic heterocycles. The van der Waals surface area contributed by atoms with Crippen molar-refractivity contribution in [1.82, 2.24) is 0 Å². The van der Waals surface area contributed by atoms with Crippen molar-refractivity contribution in [3.05, 3.63) is 144 Å². The van der Waals surface area contributed by atoms with Gasteiger partial charge in [-0.15, -0.1) is 0 Å². The number of ether oxygens (including phenoxy) is 6. The van der Waals surface area contributed by atoms with Crippen molar-refractivity contribution >= 4 is 7.60 Å². The van der Waals surface area contributed by atoms with Crippen LogP contribution in [0, 0.1) is 0 Å². The first-order valence-electron chi connectivity index (χ1n) is 17.8. The molecule has 0 N–H and O–H groups in total. The molecule has 0 spiro atoms. The highest BCUT2D eigenvalue weighted by Crippen LogP contribution is 2.48. The van der Waals surface area contributed by atoms with Gasteiger partial charge in [0.05, 0.1) is 59.0 Å². The highest BCUT2D eigenvalue weighted by Gasteiger charge is 2.49. The summed E-state index contributed by atoms with van der Waals surface area (Å²) in [7, 11) is -3.24. The van der Waals surface area contributed by atoms with Crippen LogP contribution in [0.4, 0.5) is 0 Å². The molecule has 1 saturated heterocycles. The van der Waals surface area contributed by atoms with E-state index in [-0.39, 0.29) is 19.4 Å². The van der Waals surface area contributed by atoms with Crippen LogP contribution in [0.1, 0.15) is 42.5 Å². The molecule has 1 aliphatic heterocycles. The van der Waals surface area contributed by atoms with Crippen molar-refractivity contribution in [2.24, 2.45) is 0 Å². The number of hydrogen-bond donors (Lipinski definition) is 0. The third-order valence-electron chi connectivity index (χ3n) is 8.35. The van der Waals surface area contributed by atoms with E-state index in [2.05, 4.69) is 0 Å². The summed E-state index contributed by atoms with van der Waals surface area (Å²) in [5.41, 5.74) is 4.10. The molecule has 1 fully saturated rings. The Balaban J connectivity index is 1.41. The smallest absolute Gasteiger partial charge is 0.330 e. The zero-order valence-electron chi connectivity index (χ0n) is 29.6. The minimum atomic E-state index is -3.24. The van der Waals surface area contributed by atoms with Crippen molar-refractivity contribution in [3.63, 3.8) is 0 Å². The Hall–Kier alpha value is -3.21. The molecule has 10 heteroatoms. The van der Waals surface area contributed by atoms with Crippen LogP contribution in [0.5, 0.6) is 0 Å². The predicted molar refractivity (Wildman–Crippen MR) is 196 cm³/mol. The van der Waals surface area contributed by atoms with Gasteiger partial charge in [-0.3, -0.25) is 4.57 Å². The number of benzene rings is 4. The first kappa shape index (κ1) is 39.0.